The normalized spacial score (nSPS) is 16.5. The first-order chi connectivity index (χ1) is 16.9. The first kappa shape index (κ1) is 40.4. The summed E-state index contributed by atoms with van der Waals surface area (Å²) in [7, 11) is 3.34. The Bertz CT molecular complexity index is 377. The van der Waals surface area contributed by atoms with Crippen LogP contribution in [0, 0.1) is 9.16 Å². The molecule has 36 heavy (non-hydrogen) atoms. The molecule has 0 unspecified atom stereocenters. The van der Waals surface area contributed by atoms with Crippen LogP contribution in [-0.4, -0.2) is 90.5 Å². The zero-order valence-electron chi connectivity index (χ0n) is 22.5. The van der Waals surface area contributed by atoms with E-state index in [1.807, 2.05) is 47.0 Å². The van der Waals surface area contributed by atoms with Gasteiger partial charge < -0.3 is 75.5 Å². The maximum absolute atomic E-state index is 5.37. The Morgan fingerprint density at radius 1 is 0.528 bits per heavy atom. The van der Waals surface area contributed by atoms with Gasteiger partial charge in [0.25, 0.3) is 0 Å². The SMILES string of the molecule is COCCOCOCCCC[C-]1SCCCS1.COCCOCOCCCC[C-]1SCCCS1.[Cu+].[Li+]. The van der Waals surface area contributed by atoms with Crippen molar-refractivity contribution in [3.05, 3.63) is 9.16 Å². The zero-order valence-corrected chi connectivity index (χ0v) is 26.7. The van der Waals surface area contributed by atoms with E-state index in [0.29, 0.717) is 40.0 Å². The van der Waals surface area contributed by atoms with Crippen molar-refractivity contribution in [1.82, 2.24) is 0 Å². The van der Waals surface area contributed by atoms with Crippen LogP contribution in [0.2, 0.25) is 0 Å². The van der Waals surface area contributed by atoms with Crippen LogP contribution >= 0.6 is 47.0 Å². The van der Waals surface area contributed by atoms with E-state index in [1.54, 1.807) is 23.4 Å². The first-order valence-corrected chi connectivity index (χ1v) is 16.3. The molecule has 2 heterocycles. The summed E-state index contributed by atoms with van der Waals surface area (Å²) in [6.45, 7) is 4.88. The fourth-order valence-corrected chi connectivity index (χ4v) is 8.07. The zero-order chi connectivity index (χ0) is 24.4. The average molecular weight is 629 g/mol. The molecule has 12 heteroatoms. The van der Waals surface area contributed by atoms with Gasteiger partial charge in [-0.05, 0) is 48.7 Å². The molecule has 214 valence electrons. The number of thioether (sulfide) groups is 4. The summed E-state index contributed by atoms with van der Waals surface area (Å²) in [4.78, 5) is 0. The van der Waals surface area contributed by atoms with E-state index >= 15 is 0 Å². The summed E-state index contributed by atoms with van der Waals surface area (Å²) in [5.74, 6) is 5.25. The van der Waals surface area contributed by atoms with Crippen LogP contribution < -0.4 is 18.9 Å². The number of unbranched alkanes of at least 4 members (excludes halogenated alkanes) is 2. The van der Waals surface area contributed by atoms with Crippen molar-refractivity contribution in [2.75, 3.05) is 90.5 Å². The fourth-order valence-electron chi connectivity index (χ4n) is 2.82. The predicted octanol–water partition coefficient (Wildman–Crippen LogP) is 3.31. The molecule has 0 bridgehead atoms. The van der Waals surface area contributed by atoms with Gasteiger partial charge in [0.15, 0.2) is 0 Å². The van der Waals surface area contributed by atoms with Crippen molar-refractivity contribution in [3.8, 4) is 0 Å². The average Bonchev–Trinajstić information content (AvgIpc) is 2.88. The molecule has 0 aromatic heterocycles. The van der Waals surface area contributed by atoms with Crippen LogP contribution in [0.3, 0.4) is 0 Å². The molecule has 2 aliphatic rings. The summed E-state index contributed by atoms with van der Waals surface area (Å²) in [5, 5.41) is 0. The van der Waals surface area contributed by atoms with Gasteiger partial charge in [-0.3, -0.25) is 0 Å². The van der Waals surface area contributed by atoms with E-state index in [2.05, 4.69) is 0 Å². The van der Waals surface area contributed by atoms with E-state index in [1.165, 1.54) is 61.5 Å². The summed E-state index contributed by atoms with van der Waals surface area (Å²) in [5.41, 5.74) is 0. The Hall–Kier alpha value is 2.28. The molecular formula is C24H46CuLiO6S4. The summed E-state index contributed by atoms with van der Waals surface area (Å²) in [6.07, 6.45) is 9.91. The molecule has 6 nitrogen and oxygen atoms in total. The van der Waals surface area contributed by atoms with E-state index in [-0.39, 0.29) is 35.9 Å². The predicted molar refractivity (Wildman–Crippen MR) is 151 cm³/mol. The van der Waals surface area contributed by atoms with E-state index in [9.17, 15) is 0 Å². The van der Waals surface area contributed by atoms with Gasteiger partial charge in [-0.2, -0.15) is 12.8 Å². The number of methoxy groups -OCH3 is 2. The molecule has 0 aromatic carbocycles. The van der Waals surface area contributed by atoms with Gasteiger partial charge in [0.2, 0.25) is 0 Å². The molecule has 0 N–H and O–H groups in total. The maximum atomic E-state index is 5.37. The van der Waals surface area contributed by atoms with Gasteiger partial charge in [0.1, 0.15) is 13.6 Å². The molecule has 0 atom stereocenters. The summed E-state index contributed by atoms with van der Waals surface area (Å²) >= 11 is 8.16. The molecule has 2 fully saturated rings. The van der Waals surface area contributed by atoms with Crippen LogP contribution in [0.4, 0.5) is 0 Å². The molecule has 2 rings (SSSR count). The molecule has 0 aromatic rings. The molecule has 2 saturated heterocycles. The second kappa shape index (κ2) is 33.5. The van der Waals surface area contributed by atoms with E-state index in [4.69, 9.17) is 28.4 Å². The Balaban J connectivity index is 0. The molecule has 0 amide bonds. The van der Waals surface area contributed by atoms with Gasteiger partial charge >= 0.3 is 35.9 Å². The van der Waals surface area contributed by atoms with Crippen LogP contribution in [0.1, 0.15) is 51.4 Å². The molecule has 0 aliphatic carbocycles. The number of hydrogen-bond donors (Lipinski definition) is 0. The minimum Gasteiger partial charge on any atom is -0.382 e. The molecule has 2 aliphatic heterocycles. The van der Waals surface area contributed by atoms with E-state index in [0.717, 1.165) is 26.1 Å². The quantitative estimate of drug-likeness (QED) is 0.0869. The van der Waals surface area contributed by atoms with Crippen molar-refractivity contribution in [2.24, 2.45) is 0 Å². The Morgan fingerprint density at radius 3 is 1.25 bits per heavy atom. The van der Waals surface area contributed by atoms with Crippen molar-refractivity contribution in [1.29, 1.82) is 0 Å². The second-order valence-electron chi connectivity index (χ2n) is 7.61. The van der Waals surface area contributed by atoms with Gasteiger partial charge in [0.05, 0.1) is 26.4 Å². The van der Waals surface area contributed by atoms with Crippen molar-refractivity contribution >= 4 is 47.0 Å². The molecule has 0 radical (unpaired) electrons. The van der Waals surface area contributed by atoms with E-state index < -0.39 is 0 Å². The molecular weight excluding hydrogens is 583 g/mol. The Labute approximate surface area is 260 Å². The van der Waals surface area contributed by atoms with Crippen LogP contribution in [-0.2, 0) is 45.5 Å². The fraction of sp³-hybridized carbons (Fsp3) is 0.917. The molecule has 0 saturated carbocycles. The minimum atomic E-state index is 0. The van der Waals surface area contributed by atoms with Crippen LogP contribution in [0.5, 0.6) is 0 Å². The third kappa shape index (κ3) is 27.8. The molecule has 0 spiro atoms. The van der Waals surface area contributed by atoms with Crippen molar-refractivity contribution in [2.45, 2.75) is 51.4 Å². The topological polar surface area (TPSA) is 55.4 Å². The first-order valence-electron chi connectivity index (χ1n) is 12.4. The number of rotatable bonds is 20. The Kier molecular flexibility index (Phi) is 37.6. The summed E-state index contributed by atoms with van der Waals surface area (Å²) in [6, 6.07) is 0. The van der Waals surface area contributed by atoms with Crippen LogP contribution in [0.15, 0.2) is 0 Å². The smallest absolute Gasteiger partial charge is 0.382 e. The van der Waals surface area contributed by atoms with Gasteiger partial charge in [-0.15, -0.1) is 0 Å². The monoisotopic (exact) mass is 628 g/mol. The van der Waals surface area contributed by atoms with Crippen LogP contribution in [0.25, 0.3) is 0 Å². The third-order valence-electron chi connectivity index (χ3n) is 4.67. The van der Waals surface area contributed by atoms with Crippen molar-refractivity contribution in [3.63, 3.8) is 0 Å². The number of ether oxygens (including phenoxy) is 6. The second-order valence-corrected chi connectivity index (χ2v) is 12.9. The number of hydrogen-bond acceptors (Lipinski definition) is 10. The largest absolute Gasteiger partial charge is 1.00 e. The minimum absolute atomic E-state index is 0. The summed E-state index contributed by atoms with van der Waals surface area (Å²) < 4.78 is 34.1. The standard InChI is InChI=1S/2C12H23O3S2.Cu.Li/c2*1-13-7-8-15-11-14-6-3-2-5-12-16-9-4-10-17-12;;/h2*2-11H2,1H3;;/q2*-1;2*+1. The third-order valence-corrected chi connectivity index (χ3v) is 10.2. The van der Waals surface area contributed by atoms with Gasteiger partial charge in [-0.1, -0.05) is 12.8 Å². The Morgan fingerprint density at radius 2 is 0.889 bits per heavy atom. The maximum Gasteiger partial charge on any atom is 1.00 e. The van der Waals surface area contributed by atoms with Gasteiger partial charge in [-0.25, -0.2) is 9.16 Å². The van der Waals surface area contributed by atoms with Gasteiger partial charge in [0, 0.05) is 27.4 Å². The van der Waals surface area contributed by atoms with Crippen molar-refractivity contribution < 1.29 is 64.4 Å².